The molecule has 0 heterocycles. The smallest absolute Gasteiger partial charge is 0.0611 e. The van der Waals surface area contributed by atoms with Crippen LogP contribution < -0.4 is 5.32 Å². The zero-order chi connectivity index (χ0) is 19.2. The molecular weight excluding hydrogens is 332 g/mol. The highest BCUT2D eigenvalue weighted by Gasteiger charge is 2.43. The molecular formula is C24H36N2O. The van der Waals surface area contributed by atoms with Crippen LogP contribution in [0.25, 0.3) is 0 Å². The molecule has 1 fully saturated rings. The first-order valence-electron chi connectivity index (χ1n) is 10.5. The fourth-order valence-electron chi connectivity index (χ4n) is 4.66. The molecule has 27 heavy (non-hydrogen) atoms. The molecule has 0 saturated heterocycles. The van der Waals surface area contributed by atoms with Gasteiger partial charge in [-0.15, -0.1) is 0 Å². The fraction of sp³-hybridized carbons (Fsp3) is 0.583. The molecule has 0 radical (unpaired) electrons. The van der Waals surface area contributed by atoms with E-state index in [0.29, 0.717) is 17.8 Å². The highest BCUT2D eigenvalue weighted by molar-refractivity contribution is 5.23. The number of aliphatic hydroxyl groups is 1. The summed E-state index contributed by atoms with van der Waals surface area (Å²) in [6, 6.07) is 8.76. The Labute approximate surface area is 165 Å². The minimum Gasteiger partial charge on any atom is -0.392 e. The number of aliphatic hydroxyl groups excluding tert-OH is 1. The SMILES string of the molecule is Cc1cccc(CC/C=C/[C@@H]2[C@H]3CC(CNCCN(C)C)=C[C@H]3C[C@H]2O)c1. The minimum absolute atomic E-state index is 0.172. The maximum Gasteiger partial charge on any atom is 0.0611 e. The van der Waals surface area contributed by atoms with Gasteiger partial charge >= 0.3 is 0 Å². The van der Waals surface area contributed by atoms with E-state index in [-0.39, 0.29) is 6.10 Å². The van der Waals surface area contributed by atoms with E-state index in [2.05, 4.69) is 73.7 Å². The summed E-state index contributed by atoms with van der Waals surface area (Å²) >= 11 is 0. The van der Waals surface area contributed by atoms with Gasteiger partial charge in [-0.3, -0.25) is 0 Å². The minimum atomic E-state index is -0.172. The number of hydrogen-bond acceptors (Lipinski definition) is 3. The molecule has 2 N–H and O–H groups in total. The second-order valence-electron chi connectivity index (χ2n) is 8.67. The van der Waals surface area contributed by atoms with E-state index in [4.69, 9.17) is 0 Å². The lowest BCUT2D eigenvalue weighted by atomic mass is 9.89. The highest BCUT2D eigenvalue weighted by Crippen LogP contribution is 2.47. The fourth-order valence-corrected chi connectivity index (χ4v) is 4.66. The first kappa shape index (κ1) is 20.3. The van der Waals surface area contributed by atoms with Crippen molar-refractivity contribution in [3.63, 3.8) is 0 Å². The van der Waals surface area contributed by atoms with Gasteiger partial charge in [0.1, 0.15) is 0 Å². The van der Waals surface area contributed by atoms with Crippen LogP contribution in [-0.2, 0) is 6.42 Å². The van der Waals surface area contributed by atoms with E-state index in [1.807, 2.05) is 0 Å². The molecule has 2 aliphatic carbocycles. The van der Waals surface area contributed by atoms with Crippen LogP contribution in [-0.4, -0.2) is 49.8 Å². The number of benzene rings is 1. The molecule has 0 aromatic heterocycles. The quantitative estimate of drug-likeness (QED) is 0.517. The molecule has 1 saturated carbocycles. The van der Waals surface area contributed by atoms with Crippen LogP contribution in [0.2, 0.25) is 0 Å². The van der Waals surface area contributed by atoms with Gasteiger partial charge in [0.2, 0.25) is 0 Å². The normalized spacial score (nSPS) is 27.5. The first-order valence-corrected chi connectivity index (χ1v) is 10.5. The van der Waals surface area contributed by atoms with Crippen molar-refractivity contribution < 1.29 is 5.11 Å². The number of nitrogens with zero attached hydrogens (tertiary/aromatic N) is 1. The van der Waals surface area contributed by atoms with E-state index in [0.717, 1.165) is 45.3 Å². The van der Waals surface area contributed by atoms with Crippen LogP contribution in [0.3, 0.4) is 0 Å². The second-order valence-corrected chi connectivity index (χ2v) is 8.67. The summed E-state index contributed by atoms with van der Waals surface area (Å²) < 4.78 is 0. The molecule has 3 nitrogen and oxygen atoms in total. The van der Waals surface area contributed by atoms with Crippen LogP contribution in [0.15, 0.2) is 48.1 Å². The number of aryl methyl sites for hydroxylation is 2. The van der Waals surface area contributed by atoms with E-state index in [9.17, 15) is 5.11 Å². The summed E-state index contributed by atoms with van der Waals surface area (Å²) in [5.41, 5.74) is 4.27. The Hall–Kier alpha value is -1.42. The molecule has 1 aromatic rings. The zero-order valence-electron chi connectivity index (χ0n) is 17.2. The maximum atomic E-state index is 10.5. The molecule has 0 aliphatic heterocycles. The van der Waals surface area contributed by atoms with Crippen LogP contribution in [0.4, 0.5) is 0 Å². The summed E-state index contributed by atoms with van der Waals surface area (Å²) in [5, 5.41) is 14.1. The Kier molecular flexibility index (Phi) is 7.28. The van der Waals surface area contributed by atoms with Crippen molar-refractivity contribution in [1.29, 1.82) is 0 Å². The van der Waals surface area contributed by atoms with Crippen molar-refractivity contribution in [3.8, 4) is 0 Å². The van der Waals surface area contributed by atoms with Crippen LogP contribution in [0.1, 0.15) is 30.4 Å². The largest absolute Gasteiger partial charge is 0.392 e. The zero-order valence-corrected chi connectivity index (χ0v) is 17.2. The molecule has 0 unspecified atom stereocenters. The van der Waals surface area contributed by atoms with Gasteiger partial charge in [-0.1, -0.05) is 53.6 Å². The molecule has 1 aromatic carbocycles. The number of fused-ring (bicyclic) bond motifs is 1. The van der Waals surface area contributed by atoms with Crippen molar-refractivity contribution in [1.82, 2.24) is 10.2 Å². The Morgan fingerprint density at radius 3 is 2.93 bits per heavy atom. The summed E-state index contributed by atoms with van der Waals surface area (Å²) in [6.45, 7) is 5.25. The third-order valence-electron chi connectivity index (χ3n) is 6.08. The number of nitrogens with one attached hydrogen (secondary N) is 1. The highest BCUT2D eigenvalue weighted by atomic mass is 16.3. The maximum absolute atomic E-state index is 10.5. The number of hydrogen-bond donors (Lipinski definition) is 2. The molecule has 0 spiro atoms. The molecule has 3 heteroatoms. The van der Waals surface area contributed by atoms with Crippen LogP contribution in [0.5, 0.6) is 0 Å². The topological polar surface area (TPSA) is 35.5 Å². The standard InChI is InChI=1S/C24H36N2O/c1-18-7-6-9-19(13-18)8-4-5-10-22-23-15-20(14-21(23)16-24(22)27)17-25-11-12-26(2)3/h5-7,9-10,13-14,21-25,27H,4,8,11-12,15-17H2,1-3H3/b10-5+/t21-,22+,23-,24+/m0/s1. The van der Waals surface area contributed by atoms with Crippen molar-refractivity contribution in [2.45, 2.75) is 38.7 Å². The number of likely N-dealkylation sites (N-methyl/N-ethyl adjacent to an activating group) is 1. The van der Waals surface area contributed by atoms with Crippen molar-refractivity contribution in [2.75, 3.05) is 33.7 Å². The van der Waals surface area contributed by atoms with Gasteiger partial charge in [-0.05, 0) is 64.1 Å². The van der Waals surface area contributed by atoms with Crippen molar-refractivity contribution in [2.24, 2.45) is 17.8 Å². The lowest BCUT2D eigenvalue weighted by molar-refractivity contribution is 0.141. The lowest BCUT2D eigenvalue weighted by Crippen LogP contribution is -2.28. The molecule has 3 rings (SSSR count). The van der Waals surface area contributed by atoms with Crippen molar-refractivity contribution in [3.05, 3.63) is 59.2 Å². The monoisotopic (exact) mass is 368 g/mol. The van der Waals surface area contributed by atoms with E-state index in [1.54, 1.807) is 0 Å². The lowest BCUT2D eigenvalue weighted by Gasteiger charge is -2.18. The third kappa shape index (κ3) is 5.78. The average Bonchev–Trinajstić information content (AvgIpc) is 3.13. The van der Waals surface area contributed by atoms with Gasteiger partial charge < -0.3 is 15.3 Å². The van der Waals surface area contributed by atoms with E-state index >= 15 is 0 Å². The predicted molar refractivity (Wildman–Crippen MR) is 114 cm³/mol. The van der Waals surface area contributed by atoms with Crippen LogP contribution >= 0.6 is 0 Å². The van der Waals surface area contributed by atoms with Gasteiger partial charge in [-0.2, -0.15) is 0 Å². The Morgan fingerprint density at radius 2 is 2.15 bits per heavy atom. The van der Waals surface area contributed by atoms with Gasteiger partial charge in [-0.25, -0.2) is 0 Å². The van der Waals surface area contributed by atoms with Gasteiger partial charge in [0.05, 0.1) is 6.10 Å². The molecule has 0 bridgehead atoms. The van der Waals surface area contributed by atoms with Gasteiger partial charge in [0, 0.05) is 25.6 Å². The third-order valence-corrected chi connectivity index (χ3v) is 6.08. The molecule has 2 aliphatic rings. The molecule has 0 amide bonds. The predicted octanol–water partition coefficient (Wildman–Crippen LogP) is 3.58. The average molecular weight is 369 g/mol. The first-order chi connectivity index (χ1) is 13.0. The Balaban J connectivity index is 1.45. The van der Waals surface area contributed by atoms with E-state index < -0.39 is 0 Å². The molecule has 148 valence electrons. The van der Waals surface area contributed by atoms with E-state index in [1.165, 1.54) is 16.7 Å². The molecule has 4 atom stereocenters. The second kappa shape index (κ2) is 9.68. The number of allylic oxidation sites excluding steroid dienone is 2. The summed E-state index contributed by atoms with van der Waals surface area (Å²) in [7, 11) is 4.22. The Morgan fingerprint density at radius 1 is 1.30 bits per heavy atom. The van der Waals surface area contributed by atoms with Gasteiger partial charge in [0.15, 0.2) is 0 Å². The van der Waals surface area contributed by atoms with Crippen LogP contribution in [0, 0.1) is 24.7 Å². The summed E-state index contributed by atoms with van der Waals surface area (Å²) in [5.74, 6) is 1.49. The summed E-state index contributed by atoms with van der Waals surface area (Å²) in [4.78, 5) is 2.21. The Bertz CT molecular complexity index is 664. The number of rotatable bonds is 9. The summed E-state index contributed by atoms with van der Waals surface area (Å²) in [6.07, 6.45) is 11.1. The van der Waals surface area contributed by atoms with Crippen molar-refractivity contribution >= 4 is 0 Å². The van der Waals surface area contributed by atoms with Gasteiger partial charge in [0.25, 0.3) is 0 Å².